The average molecular weight is 223 g/mol. The Morgan fingerprint density at radius 1 is 1.19 bits per heavy atom. The highest BCUT2D eigenvalue weighted by Gasteiger charge is 2.09. The normalized spacial score (nSPS) is 17.6. The Morgan fingerprint density at radius 2 is 1.94 bits per heavy atom. The molecule has 1 fully saturated rings. The van der Waals surface area contributed by atoms with Gasteiger partial charge in [0.1, 0.15) is 5.82 Å². The van der Waals surface area contributed by atoms with E-state index in [9.17, 15) is 4.39 Å². The molecular weight excluding hydrogens is 205 g/mol. The van der Waals surface area contributed by atoms with Gasteiger partial charge in [-0.3, -0.25) is 4.90 Å². The fourth-order valence-electron chi connectivity index (χ4n) is 2.02. The van der Waals surface area contributed by atoms with Gasteiger partial charge < -0.3 is 4.74 Å². The summed E-state index contributed by atoms with van der Waals surface area (Å²) in [5, 5.41) is 0. The predicted octanol–water partition coefficient (Wildman–Crippen LogP) is 2.09. The smallest absolute Gasteiger partial charge is 0.126 e. The lowest BCUT2D eigenvalue weighted by Crippen LogP contribution is -2.36. The first-order valence-electron chi connectivity index (χ1n) is 5.90. The van der Waals surface area contributed by atoms with Crippen molar-refractivity contribution in [2.75, 3.05) is 32.8 Å². The summed E-state index contributed by atoms with van der Waals surface area (Å²) in [4.78, 5) is 2.38. The minimum absolute atomic E-state index is 0.0792. The molecule has 1 aromatic rings. The highest BCUT2D eigenvalue weighted by molar-refractivity contribution is 5.17. The van der Waals surface area contributed by atoms with Gasteiger partial charge in [0.2, 0.25) is 0 Å². The van der Waals surface area contributed by atoms with Crippen LogP contribution in [0.5, 0.6) is 0 Å². The number of morpholine rings is 1. The highest BCUT2D eigenvalue weighted by Crippen LogP contribution is 2.09. The maximum Gasteiger partial charge on any atom is 0.126 e. The van der Waals surface area contributed by atoms with E-state index >= 15 is 0 Å². The molecule has 0 aliphatic carbocycles. The van der Waals surface area contributed by atoms with Gasteiger partial charge in [-0.2, -0.15) is 0 Å². The van der Waals surface area contributed by atoms with E-state index in [1.54, 1.807) is 6.07 Å². The monoisotopic (exact) mass is 223 g/mol. The molecule has 1 aromatic carbocycles. The van der Waals surface area contributed by atoms with Crippen molar-refractivity contribution in [1.29, 1.82) is 0 Å². The van der Waals surface area contributed by atoms with Crippen molar-refractivity contribution >= 4 is 0 Å². The molecule has 0 radical (unpaired) electrons. The Labute approximate surface area is 96.0 Å². The molecule has 0 amide bonds. The summed E-state index contributed by atoms with van der Waals surface area (Å²) >= 11 is 0. The van der Waals surface area contributed by atoms with Crippen molar-refractivity contribution < 1.29 is 9.13 Å². The number of hydrogen-bond donors (Lipinski definition) is 0. The molecule has 1 aliphatic rings. The second kappa shape index (κ2) is 5.97. The topological polar surface area (TPSA) is 12.5 Å². The second-order valence-electron chi connectivity index (χ2n) is 4.15. The van der Waals surface area contributed by atoms with Crippen molar-refractivity contribution in [2.24, 2.45) is 0 Å². The summed E-state index contributed by atoms with van der Waals surface area (Å²) in [5.74, 6) is -0.0792. The molecule has 2 nitrogen and oxygen atoms in total. The van der Waals surface area contributed by atoms with E-state index in [1.807, 2.05) is 12.1 Å². The van der Waals surface area contributed by atoms with Crippen LogP contribution in [0.1, 0.15) is 12.0 Å². The van der Waals surface area contributed by atoms with E-state index in [1.165, 1.54) is 6.07 Å². The van der Waals surface area contributed by atoms with Crippen LogP contribution in [0.25, 0.3) is 0 Å². The zero-order valence-electron chi connectivity index (χ0n) is 9.49. The molecule has 1 heterocycles. The van der Waals surface area contributed by atoms with Gasteiger partial charge in [-0.15, -0.1) is 0 Å². The van der Waals surface area contributed by atoms with Gasteiger partial charge in [-0.05, 0) is 31.0 Å². The third-order valence-corrected chi connectivity index (χ3v) is 2.98. The Morgan fingerprint density at radius 3 is 2.69 bits per heavy atom. The van der Waals surface area contributed by atoms with Crippen molar-refractivity contribution in [3.8, 4) is 0 Å². The number of halogens is 1. The molecule has 0 spiro atoms. The summed E-state index contributed by atoms with van der Waals surface area (Å²) in [7, 11) is 0. The molecule has 0 bridgehead atoms. The summed E-state index contributed by atoms with van der Waals surface area (Å²) < 4.78 is 18.6. The first-order valence-corrected chi connectivity index (χ1v) is 5.90. The Balaban J connectivity index is 1.73. The van der Waals surface area contributed by atoms with E-state index in [0.717, 1.165) is 51.3 Å². The molecule has 16 heavy (non-hydrogen) atoms. The number of benzene rings is 1. The van der Waals surface area contributed by atoms with Gasteiger partial charge in [-0.25, -0.2) is 4.39 Å². The minimum Gasteiger partial charge on any atom is -0.379 e. The largest absolute Gasteiger partial charge is 0.379 e. The Bertz CT molecular complexity index is 323. The van der Waals surface area contributed by atoms with Crippen LogP contribution < -0.4 is 0 Å². The number of hydrogen-bond acceptors (Lipinski definition) is 2. The fourth-order valence-corrected chi connectivity index (χ4v) is 2.02. The van der Waals surface area contributed by atoms with Crippen LogP contribution >= 0.6 is 0 Å². The standard InChI is InChI=1S/C13H18FNO/c14-13-6-2-1-4-12(13)5-3-7-15-8-10-16-11-9-15/h1-2,4,6H,3,5,7-11H2. The van der Waals surface area contributed by atoms with Crippen LogP contribution in [0.15, 0.2) is 24.3 Å². The van der Waals surface area contributed by atoms with E-state index < -0.39 is 0 Å². The zero-order chi connectivity index (χ0) is 11.2. The molecule has 3 heteroatoms. The van der Waals surface area contributed by atoms with E-state index in [2.05, 4.69) is 4.90 Å². The third kappa shape index (κ3) is 3.29. The summed E-state index contributed by atoms with van der Waals surface area (Å²) in [5.41, 5.74) is 0.829. The van der Waals surface area contributed by atoms with Crippen LogP contribution in [0.4, 0.5) is 4.39 Å². The lowest BCUT2D eigenvalue weighted by molar-refractivity contribution is 0.0374. The molecule has 88 valence electrons. The van der Waals surface area contributed by atoms with Gasteiger partial charge in [0, 0.05) is 13.1 Å². The molecule has 0 atom stereocenters. The lowest BCUT2D eigenvalue weighted by atomic mass is 10.1. The van der Waals surface area contributed by atoms with Crippen molar-refractivity contribution in [3.05, 3.63) is 35.6 Å². The van der Waals surface area contributed by atoms with Crippen LogP contribution in [0, 0.1) is 5.82 Å². The number of nitrogens with zero attached hydrogens (tertiary/aromatic N) is 1. The number of aryl methyl sites for hydroxylation is 1. The van der Waals surface area contributed by atoms with E-state index in [4.69, 9.17) is 4.74 Å². The summed E-state index contributed by atoms with van der Waals surface area (Å²) in [6, 6.07) is 7.03. The maximum absolute atomic E-state index is 13.3. The zero-order valence-corrected chi connectivity index (χ0v) is 9.49. The summed E-state index contributed by atoms with van der Waals surface area (Å²) in [6.45, 7) is 4.73. The summed E-state index contributed by atoms with van der Waals surface area (Å²) in [6.07, 6.45) is 1.84. The highest BCUT2D eigenvalue weighted by atomic mass is 19.1. The molecule has 1 saturated heterocycles. The van der Waals surface area contributed by atoms with Gasteiger partial charge in [0.25, 0.3) is 0 Å². The minimum atomic E-state index is -0.0792. The Kier molecular flexibility index (Phi) is 4.31. The fraction of sp³-hybridized carbons (Fsp3) is 0.538. The van der Waals surface area contributed by atoms with E-state index in [0.29, 0.717) is 0 Å². The quantitative estimate of drug-likeness (QED) is 0.775. The number of ether oxygens (including phenoxy) is 1. The third-order valence-electron chi connectivity index (χ3n) is 2.98. The van der Waals surface area contributed by atoms with E-state index in [-0.39, 0.29) is 5.82 Å². The Hall–Kier alpha value is -0.930. The molecule has 1 aliphatic heterocycles. The van der Waals surface area contributed by atoms with Gasteiger partial charge in [0.15, 0.2) is 0 Å². The van der Waals surface area contributed by atoms with Gasteiger partial charge in [0.05, 0.1) is 13.2 Å². The van der Waals surface area contributed by atoms with Crippen molar-refractivity contribution in [1.82, 2.24) is 4.90 Å². The van der Waals surface area contributed by atoms with Crippen molar-refractivity contribution in [2.45, 2.75) is 12.8 Å². The molecule has 0 N–H and O–H groups in total. The van der Waals surface area contributed by atoms with Gasteiger partial charge in [-0.1, -0.05) is 18.2 Å². The van der Waals surface area contributed by atoms with Crippen LogP contribution in [-0.2, 0) is 11.2 Å². The molecule has 2 rings (SSSR count). The van der Waals surface area contributed by atoms with Crippen molar-refractivity contribution in [3.63, 3.8) is 0 Å². The van der Waals surface area contributed by atoms with Gasteiger partial charge >= 0.3 is 0 Å². The SMILES string of the molecule is Fc1ccccc1CCCN1CCOCC1. The first kappa shape index (κ1) is 11.6. The van der Waals surface area contributed by atoms with Crippen LogP contribution in [0.3, 0.4) is 0 Å². The first-order chi connectivity index (χ1) is 7.86. The maximum atomic E-state index is 13.3. The average Bonchev–Trinajstić information content (AvgIpc) is 2.33. The number of rotatable bonds is 4. The molecule has 0 unspecified atom stereocenters. The second-order valence-corrected chi connectivity index (χ2v) is 4.15. The van der Waals surface area contributed by atoms with Crippen LogP contribution in [-0.4, -0.2) is 37.7 Å². The lowest BCUT2D eigenvalue weighted by Gasteiger charge is -2.26. The molecule has 0 aromatic heterocycles. The molecule has 0 saturated carbocycles. The predicted molar refractivity (Wildman–Crippen MR) is 62.0 cm³/mol. The van der Waals surface area contributed by atoms with Crippen LogP contribution in [0.2, 0.25) is 0 Å². The molecular formula is C13H18FNO.